The van der Waals surface area contributed by atoms with Crippen LogP contribution in [-0.4, -0.2) is 61.0 Å². The molecule has 1 amide bonds. The molecule has 19 heavy (non-hydrogen) atoms. The summed E-state index contributed by atoms with van der Waals surface area (Å²) in [5.41, 5.74) is 0. The molecule has 0 bridgehead atoms. The fourth-order valence-corrected chi connectivity index (χ4v) is 3.83. The first-order valence-electron chi connectivity index (χ1n) is 7.46. The van der Waals surface area contributed by atoms with Crippen molar-refractivity contribution in [2.45, 2.75) is 32.2 Å². The minimum absolute atomic E-state index is 0. The summed E-state index contributed by atoms with van der Waals surface area (Å²) in [6.07, 6.45) is 3.65. The Morgan fingerprint density at radius 2 is 1.89 bits per heavy atom. The topological polar surface area (TPSA) is 35.6 Å². The first-order chi connectivity index (χ1) is 8.74. The van der Waals surface area contributed by atoms with Gasteiger partial charge in [-0.25, -0.2) is 0 Å². The lowest BCUT2D eigenvalue weighted by Crippen LogP contribution is -2.46. The van der Waals surface area contributed by atoms with E-state index in [9.17, 15) is 4.79 Å². The van der Waals surface area contributed by atoms with Crippen LogP contribution in [0.1, 0.15) is 26.2 Å². The molecule has 5 heteroatoms. The third-order valence-corrected chi connectivity index (χ3v) is 4.95. The number of nitrogens with zero attached hydrogens (tertiary/aromatic N) is 2. The SMILES string of the molecule is CC1CCCCN1C(=O)CN1C[C@H]2CNC[C@H]2C1.Cl. The molecule has 3 saturated heterocycles. The van der Waals surface area contributed by atoms with Crippen molar-refractivity contribution in [1.29, 1.82) is 0 Å². The van der Waals surface area contributed by atoms with Gasteiger partial charge in [0.25, 0.3) is 0 Å². The van der Waals surface area contributed by atoms with Crippen molar-refractivity contribution in [3.05, 3.63) is 0 Å². The molecule has 0 spiro atoms. The van der Waals surface area contributed by atoms with Crippen molar-refractivity contribution in [2.75, 3.05) is 39.3 Å². The van der Waals surface area contributed by atoms with E-state index in [1.807, 2.05) is 0 Å². The number of nitrogens with one attached hydrogen (secondary N) is 1. The molecule has 0 aliphatic carbocycles. The van der Waals surface area contributed by atoms with Crippen LogP contribution in [0.2, 0.25) is 0 Å². The van der Waals surface area contributed by atoms with E-state index in [-0.39, 0.29) is 12.4 Å². The Hall–Kier alpha value is -0.320. The second kappa shape index (κ2) is 6.42. The fraction of sp³-hybridized carbons (Fsp3) is 0.929. The van der Waals surface area contributed by atoms with Gasteiger partial charge in [0.2, 0.25) is 5.91 Å². The molecule has 3 heterocycles. The van der Waals surface area contributed by atoms with Gasteiger partial charge in [-0.3, -0.25) is 9.69 Å². The number of piperidine rings is 1. The number of carbonyl (C=O) groups is 1. The van der Waals surface area contributed by atoms with Crippen LogP contribution < -0.4 is 5.32 Å². The number of hydrogen-bond donors (Lipinski definition) is 1. The van der Waals surface area contributed by atoms with Gasteiger partial charge in [0, 0.05) is 25.7 Å². The monoisotopic (exact) mass is 287 g/mol. The maximum absolute atomic E-state index is 12.4. The molecule has 0 aromatic heterocycles. The summed E-state index contributed by atoms with van der Waals surface area (Å²) in [5, 5.41) is 3.45. The van der Waals surface area contributed by atoms with Gasteiger partial charge in [0.15, 0.2) is 0 Å². The van der Waals surface area contributed by atoms with Gasteiger partial charge in [-0.05, 0) is 51.1 Å². The van der Waals surface area contributed by atoms with E-state index in [1.54, 1.807) is 0 Å². The molecule has 0 aromatic rings. The van der Waals surface area contributed by atoms with E-state index in [0.717, 1.165) is 44.6 Å². The fourth-order valence-electron chi connectivity index (χ4n) is 3.83. The van der Waals surface area contributed by atoms with Crippen molar-refractivity contribution in [2.24, 2.45) is 11.8 Å². The number of carbonyl (C=O) groups excluding carboxylic acids is 1. The molecule has 0 radical (unpaired) electrons. The van der Waals surface area contributed by atoms with E-state index in [2.05, 4.69) is 22.0 Å². The second-order valence-electron chi connectivity index (χ2n) is 6.30. The van der Waals surface area contributed by atoms with Crippen LogP contribution in [0.25, 0.3) is 0 Å². The molecule has 3 atom stereocenters. The standard InChI is InChI=1S/C14H25N3O.ClH/c1-11-4-2-3-5-17(11)14(18)10-16-8-12-6-15-7-13(12)9-16;/h11-13,15H,2-10H2,1H3;1H/t11?,12-,13+;. The van der Waals surface area contributed by atoms with Gasteiger partial charge in [-0.2, -0.15) is 0 Å². The van der Waals surface area contributed by atoms with Crippen LogP contribution in [0, 0.1) is 11.8 Å². The van der Waals surface area contributed by atoms with Crippen molar-refractivity contribution in [3.63, 3.8) is 0 Å². The molecule has 3 aliphatic heterocycles. The minimum atomic E-state index is 0. The molecule has 0 saturated carbocycles. The molecule has 0 aromatic carbocycles. The summed E-state index contributed by atoms with van der Waals surface area (Å²) in [5.74, 6) is 1.93. The highest BCUT2D eigenvalue weighted by Crippen LogP contribution is 2.26. The third-order valence-electron chi connectivity index (χ3n) is 4.95. The summed E-state index contributed by atoms with van der Waals surface area (Å²) in [6, 6.07) is 0.454. The molecule has 3 fully saturated rings. The Morgan fingerprint density at radius 1 is 1.21 bits per heavy atom. The Balaban J connectivity index is 0.00000133. The highest BCUT2D eigenvalue weighted by molar-refractivity contribution is 5.85. The summed E-state index contributed by atoms with van der Waals surface area (Å²) in [7, 11) is 0. The highest BCUT2D eigenvalue weighted by atomic mass is 35.5. The zero-order valence-corrected chi connectivity index (χ0v) is 12.6. The van der Waals surface area contributed by atoms with Crippen LogP contribution >= 0.6 is 12.4 Å². The number of halogens is 1. The first-order valence-corrected chi connectivity index (χ1v) is 7.46. The molecular formula is C14H26ClN3O. The van der Waals surface area contributed by atoms with Crippen LogP contribution in [-0.2, 0) is 4.79 Å². The molecule has 3 rings (SSSR count). The maximum atomic E-state index is 12.4. The summed E-state index contributed by atoms with van der Waals surface area (Å²) >= 11 is 0. The van der Waals surface area contributed by atoms with E-state index < -0.39 is 0 Å². The number of rotatable bonds is 2. The zero-order valence-electron chi connectivity index (χ0n) is 11.8. The summed E-state index contributed by atoms with van der Waals surface area (Å²) in [6.45, 7) is 8.35. The van der Waals surface area contributed by atoms with Crippen molar-refractivity contribution in [3.8, 4) is 0 Å². The molecule has 1 unspecified atom stereocenters. The number of likely N-dealkylation sites (tertiary alicyclic amines) is 2. The predicted octanol–water partition coefficient (Wildman–Crippen LogP) is 0.960. The predicted molar refractivity (Wildman–Crippen MR) is 78.6 cm³/mol. The molecule has 110 valence electrons. The van der Waals surface area contributed by atoms with E-state index >= 15 is 0 Å². The summed E-state index contributed by atoms with van der Waals surface area (Å²) < 4.78 is 0. The van der Waals surface area contributed by atoms with Crippen LogP contribution in [0.3, 0.4) is 0 Å². The normalized spacial score (nSPS) is 35.0. The van der Waals surface area contributed by atoms with E-state index in [0.29, 0.717) is 18.5 Å². The van der Waals surface area contributed by atoms with Gasteiger partial charge in [-0.15, -0.1) is 12.4 Å². The van der Waals surface area contributed by atoms with Gasteiger partial charge in [-0.1, -0.05) is 0 Å². The van der Waals surface area contributed by atoms with Crippen LogP contribution in [0.4, 0.5) is 0 Å². The van der Waals surface area contributed by atoms with Crippen LogP contribution in [0.5, 0.6) is 0 Å². The Kier molecular flexibility index (Phi) is 5.09. The average Bonchev–Trinajstić information content (AvgIpc) is 2.90. The van der Waals surface area contributed by atoms with Crippen molar-refractivity contribution in [1.82, 2.24) is 15.1 Å². The smallest absolute Gasteiger partial charge is 0.236 e. The Morgan fingerprint density at radius 3 is 2.53 bits per heavy atom. The third kappa shape index (κ3) is 3.23. The lowest BCUT2D eigenvalue weighted by atomic mass is 10.0. The molecule has 1 N–H and O–H groups in total. The summed E-state index contributed by atoms with van der Waals surface area (Å²) in [4.78, 5) is 16.8. The lowest BCUT2D eigenvalue weighted by molar-refractivity contribution is -0.135. The Labute approximate surface area is 122 Å². The van der Waals surface area contributed by atoms with Crippen LogP contribution in [0.15, 0.2) is 0 Å². The van der Waals surface area contributed by atoms with E-state index in [4.69, 9.17) is 0 Å². The van der Waals surface area contributed by atoms with Gasteiger partial charge in [0.05, 0.1) is 6.54 Å². The highest BCUT2D eigenvalue weighted by Gasteiger charge is 2.37. The quantitative estimate of drug-likeness (QED) is 0.822. The molecular weight excluding hydrogens is 262 g/mol. The number of amides is 1. The zero-order chi connectivity index (χ0) is 12.5. The maximum Gasteiger partial charge on any atom is 0.236 e. The molecule has 4 nitrogen and oxygen atoms in total. The molecule has 3 aliphatic rings. The number of fused-ring (bicyclic) bond motifs is 1. The minimum Gasteiger partial charge on any atom is -0.339 e. The first kappa shape index (κ1) is 15.1. The van der Waals surface area contributed by atoms with Crippen molar-refractivity contribution >= 4 is 18.3 Å². The van der Waals surface area contributed by atoms with Crippen molar-refractivity contribution < 1.29 is 4.79 Å². The van der Waals surface area contributed by atoms with Gasteiger partial charge in [0.1, 0.15) is 0 Å². The lowest BCUT2D eigenvalue weighted by Gasteiger charge is -2.34. The van der Waals surface area contributed by atoms with Gasteiger partial charge < -0.3 is 10.2 Å². The Bertz CT molecular complexity index is 314. The largest absolute Gasteiger partial charge is 0.339 e. The number of hydrogen-bond acceptors (Lipinski definition) is 3. The van der Waals surface area contributed by atoms with Gasteiger partial charge >= 0.3 is 0 Å². The second-order valence-corrected chi connectivity index (χ2v) is 6.30. The average molecular weight is 288 g/mol. The van der Waals surface area contributed by atoms with E-state index in [1.165, 1.54) is 19.3 Å².